The fourth-order valence-electron chi connectivity index (χ4n) is 1.93. The Bertz CT molecular complexity index is 552. The quantitative estimate of drug-likeness (QED) is 0.585. The Hall–Kier alpha value is -1.17. The fraction of sp³-hybridized carbons (Fsp3) is 0.308. The van der Waals surface area contributed by atoms with Crippen LogP contribution in [0, 0.1) is 0 Å². The minimum absolute atomic E-state index is 0.465. The number of aldehydes is 1. The summed E-state index contributed by atoms with van der Waals surface area (Å²) in [6, 6.07) is 5.27. The van der Waals surface area contributed by atoms with Crippen LogP contribution in [-0.4, -0.2) is 32.9 Å². The highest BCUT2D eigenvalue weighted by atomic mass is 79.9. The molecule has 0 aliphatic carbocycles. The highest BCUT2D eigenvalue weighted by Crippen LogP contribution is 2.25. The molecular weight excluding hydrogens is 298 g/mol. The Balaban J connectivity index is 2.36. The topological polar surface area (TPSA) is 73.3 Å². The van der Waals surface area contributed by atoms with Crippen LogP contribution in [0.15, 0.2) is 24.4 Å². The zero-order chi connectivity index (χ0) is 13.1. The van der Waals surface area contributed by atoms with Gasteiger partial charge in [0.1, 0.15) is 6.10 Å². The molecule has 96 valence electrons. The number of alkyl halides is 1. The molecule has 4 nitrogen and oxygen atoms in total. The first-order valence-corrected chi connectivity index (χ1v) is 6.78. The summed E-state index contributed by atoms with van der Waals surface area (Å²) in [5.74, 6) is 0. The Morgan fingerprint density at radius 3 is 2.83 bits per heavy atom. The molecule has 2 atom stereocenters. The minimum Gasteiger partial charge on any atom is -0.390 e. The average Bonchev–Trinajstić information content (AvgIpc) is 2.80. The standard InChI is InChI=1S/C13H14BrNO3/c14-4-3-12(17)13(18)8-1-2-11-10(5-8)9(7-16)6-15-11/h1-2,5-7,12-13,15,17-18H,3-4H2. The van der Waals surface area contributed by atoms with Crippen molar-refractivity contribution in [3.63, 3.8) is 0 Å². The average molecular weight is 312 g/mol. The molecule has 18 heavy (non-hydrogen) atoms. The van der Waals surface area contributed by atoms with Crippen LogP contribution in [0.4, 0.5) is 0 Å². The molecular formula is C13H14BrNO3. The fourth-order valence-corrected chi connectivity index (χ4v) is 2.40. The van der Waals surface area contributed by atoms with Gasteiger partial charge in [-0.15, -0.1) is 0 Å². The van der Waals surface area contributed by atoms with Crippen molar-refractivity contribution in [2.75, 3.05) is 5.33 Å². The molecule has 0 amide bonds. The SMILES string of the molecule is O=Cc1c[nH]c2ccc(C(O)C(O)CCBr)cc12. The number of carbonyl (C=O) groups is 1. The van der Waals surface area contributed by atoms with Crippen LogP contribution in [0.3, 0.4) is 0 Å². The smallest absolute Gasteiger partial charge is 0.152 e. The zero-order valence-corrected chi connectivity index (χ0v) is 11.2. The maximum Gasteiger partial charge on any atom is 0.152 e. The summed E-state index contributed by atoms with van der Waals surface area (Å²) in [4.78, 5) is 13.8. The molecule has 1 aromatic carbocycles. The number of hydrogen-bond acceptors (Lipinski definition) is 3. The maximum atomic E-state index is 10.9. The van der Waals surface area contributed by atoms with E-state index >= 15 is 0 Å². The van der Waals surface area contributed by atoms with Crippen LogP contribution in [0.2, 0.25) is 0 Å². The molecule has 3 N–H and O–H groups in total. The lowest BCUT2D eigenvalue weighted by molar-refractivity contribution is 0.0174. The predicted molar refractivity (Wildman–Crippen MR) is 73.1 cm³/mol. The zero-order valence-electron chi connectivity index (χ0n) is 9.64. The molecule has 0 bridgehead atoms. The van der Waals surface area contributed by atoms with Gasteiger partial charge in [0.2, 0.25) is 0 Å². The lowest BCUT2D eigenvalue weighted by atomic mass is 10.0. The van der Waals surface area contributed by atoms with Crippen LogP contribution < -0.4 is 0 Å². The largest absolute Gasteiger partial charge is 0.390 e. The second kappa shape index (κ2) is 5.65. The highest BCUT2D eigenvalue weighted by Gasteiger charge is 2.18. The van der Waals surface area contributed by atoms with Crippen molar-refractivity contribution in [2.24, 2.45) is 0 Å². The van der Waals surface area contributed by atoms with Gasteiger partial charge in [0.05, 0.1) is 6.10 Å². The van der Waals surface area contributed by atoms with Gasteiger partial charge in [0.25, 0.3) is 0 Å². The van der Waals surface area contributed by atoms with E-state index < -0.39 is 12.2 Å². The lowest BCUT2D eigenvalue weighted by Crippen LogP contribution is -2.18. The summed E-state index contributed by atoms with van der Waals surface area (Å²) in [6.45, 7) is 0. The molecule has 2 rings (SSSR count). The van der Waals surface area contributed by atoms with E-state index in [4.69, 9.17) is 0 Å². The number of carbonyl (C=O) groups excluding carboxylic acids is 1. The van der Waals surface area contributed by atoms with E-state index in [-0.39, 0.29) is 0 Å². The molecule has 1 heterocycles. The normalized spacial score (nSPS) is 14.6. The molecule has 5 heteroatoms. The third-order valence-corrected chi connectivity index (χ3v) is 3.43. The first-order chi connectivity index (χ1) is 8.67. The molecule has 0 aliphatic rings. The third-order valence-electron chi connectivity index (χ3n) is 2.98. The Labute approximate surface area is 113 Å². The van der Waals surface area contributed by atoms with Crippen molar-refractivity contribution >= 4 is 33.1 Å². The number of rotatable bonds is 5. The molecule has 0 aliphatic heterocycles. The first kappa shape index (κ1) is 13.3. The first-order valence-electron chi connectivity index (χ1n) is 5.65. The monoisotopic (exact) mass is 311 g/mol. The molecule has 0 saturated carbocycles. The molecule has 0 fully saturated rings. The number of aromatic nitrogens is 1. The minimum atomic E-state index is -0.943. The third kappa shape index (κ3) is 2.48. The molecule has 0 saturated heterocycles. The second-order valence-electron chi connectivity index (χ2n) is 4.16. The molecule has 2 unspecified atom stereocenters. The number of fused-ring (bicyclic) bond motifs is 1. The van der Waals surface area contributed by atoms with E-state index in [0.29, 0.717) is 22.9 Å². The predicted octanol–water partition coefficient (Wildman–Crippen LogP) is 2.16. The van der Waals surface area contributed by atoms with Gasteiger partial charge in [-0.1, -0.05) is 22.0 Å². The van der Waals surface area contributed by atoms with Gasteiger partial charge < -0.3 is 15.2 Å². The Morgan fingerprint density at radius 2 is 2.17 bits per heavy atom. The van der Waals surface area contributed by atoms with Crippen LogP contribution in [0.5, 0.6) is 0 Å². The number of H-pyrrole nitrogens is 1. The van der Waals surface area contributed by atoms with E-state index in [1.807, 2.05) is 0 Å². The van der Waals surface area contributed by atoms with Gasteiger partial charge in [-0.25, -0.2) is 0 Å². The Morgan fingerprint density at radius 1 is 1.39 bits per heavy atom. The van der Waals surface area contributed by atoms with E-state index in [9.17, 15) is 15.0 Å². The lowest BCUT2D eigenvalue weighted by Gasteiger charge is -2.17. The van der Waals surface area contributed by atoms with E-state index in [1.54, 1.807) is 24.4 Å². The number of halogens is 1. The van der Waals surface area contributed by atoms with Gasteiger partial charge in [-0.3, -0.25) is 4.79 Å². The number of aromatic amines is 1. The van der Waals surface area contributed by atoms with Gasteiger partial charge in [0.15, 0.2) is 6.29 Å². The number of aliphatic hydroxyl groups excluding tert-OH is 2. The number of hydrogen-bond donors (Lipinski definition) is 3. The van der Waals surface area contributed by atoms with Crippen molar-refractivity contribution in [3.05, 3.63) is 35.5 Å². The summed E-state index contributed by atoms with van der Waals surface area (Å²) in [5.41, 5.74) is 2.00. The summed E-state index contributed by atoms with van der Waals surface area (Å²) >= 11 is 3.22. The van der Waals surface area contributed by atoms with Crippen molar-refractivity contribution in [1.82, 2.24) is 4.98 Å². The van der Waals surface area contributed by atoms with Crippen molar-refractivity contribution in [2.45, 2.75) is 18.6 Å². The second-order valence-corrected chi connectivity index (χ2v) is 4.95. The Kier molecular flexibility index (Phi) is 4.16. The van der Waals surface area contributed by atoms with Crippen LogP contribution >= 0.6 is 15.9 Å². The van der Waals surface area contributed by atoms with E-state index in [2.05, 4.69) is 20.9 Å². The number of benzene rings is 1. The van der Waals surface area contributed by atoms with Crippen molar-refractivity contribution in [3.8, 4) is 0 Å². The molecule has 0 spiro atoms. The summed E-state index contributed by atoms with van der Waals surface area (Å²) in [6.07, 6.45) is 1.10. The number of nitrogens with one attached hydrogen (secondary N) is 1. The van der Waals surface area contributed by atoms with Crippen LogP contribution in [0.25, 0.3) is 10.9 Å². The molecule has 2 aromatic rings. The summed E-state index contributed by atoms with van der Waals surface area (Å²) < 4.78 is 0. The summed E-state index contributed by atoms with van der Waals surface area (Å²) in [5, 5.41) is 21.2. The summed E-state index contributed by atoms with van der Waals surface area (Å²) in [7, 11) is 0. The highest BCUT2D eigenvalue weighted by molar-refractivity contribution is 9.09. The maximum absolute atomic E-state index is 10.9. The van der Waals surface area contributed by atoms with Gasteiger partial charge in [-0.2, -0.15) is 0 Å². The van der Waals surface area contributed by atoms with Crippen LogP contribution in [-0.2, 0) is 0 Å². The van der Waals surface area contributed by atoms with Gasteiger partial charge >= 0.3 is 0 Å². The molecule has 1 aromatic heterocycles. The molecule has 0 radical (unpaired) electrons. The van der Waals surface area contributed by atoms with E-state index in [1.165, 1.54) is 0 Å². The van der Waals surface area contributed by atoms with E-state index in [0.717, 1.165) is 17.2 Å². The number of aliphatic hydroxyl groups is 2. The van der Waals surface area contributed by atoms with Gasteiger partial charge in [-0.05, 0) is 24.1 Å². The van der Waals surface area contributed by atoms with Crippen LogP contribution in [0.1, 0.15) is 28.4 Å². The van der Waals surface area contributed by atoms with Crippen molar-refractivity contribution < 1.29 is 15.0 Å². The van der Waals surface area contributed by atoms with Gasteiger partial charge in [0, 0.05) is 28.0 Å². The van der Waals surface area contributed by atoms with Crippen molar-refractivity contribution in [1.29, 1.82) is 0 Å².